The Balaban J connectivity index is 3.76. The number of carbonyl (C=O) groups excluding carboxylic acids is 1. The lowest BCUT2D eigenvalue weighted by atomic mass is 10.4. The summed E-state index contributed by atoms with van der Waals surface area (Å²) in [5.41, 5.74) is 5.67. The van der Waals surface area contributed by atoms with Crippen LogP contribution in [-0.2, 0) is 4.79 Å². The number of rotatable bonds is 2. The number of amides is 1. The van der Waals surface area contributed by atoms with Crippen molar-refractivity contribution in [2.45, 2.75) is 6.92 Å². The Labute approximate surface area is 54.2 Å². The third kappa shape index (κ3) is 4.61. The van der Waals surface area contributed by atoms with E-state index in [1.54, 1.807) is 6.92 Å². The molecule has 0 saturated heterocycles. The zero-order valence-electron chi connectivity index (χ0n) is 5.35. The van der Waals surface area contributed by atoms with Crippen LogP contribution in [0.2, 0.25) is 0 Å². The molecule has 0 heterocycles. The predicted octanol–water partition coefficient (Wildman–Crippen LogP) is 0.109. The Morgan fingerprint density at radius 2 is 2.33 bits per heavy atom. The summed E-state index contributed by atoms with van der Waals surface area (Å²) in [6.45, 7) is 4.95. The van der Waals surface area contributed by atoms with Crippen LogP contribution in [0.3, 0.4) is 0 Å². The van der Waals surface area contributed by atoms with Crippen molar-refractivity contribution in [1.29, 1.82) is 0 Å². The molecular formula is C6H10N2O. The van der Waals surface area contributed by atoms with E-state index in [1.807, 2.05) is 0 Å². The van der Waals surface area contributed by atoms with Gasteiger partial charge in [0.05, 0.1) is 0 Å². The molecule has 0 spiro atoms. The van der Waals surface area contributed by atoms with E-state index in [4.69, 9.17) is 5.73 Å². The molecule has 0 aromatic heterocycles. The average molecular weight is 126 g/mol. The largest absolute Gasteiger partial charge is 0.402 e. The quantitative estimate of drug-likeness (QED) is 0.516. The maximum atomic E-state index is 10.5. The molecule has 1 amide bonds. The summed E-state index contributed by atoms with van der Waals surface area (Å²) < 4.78 is 0. The highest BCUT2D eigenvalue weighted by Crippen LogP contribution is 1.77. The Kier molecular flexibility index (Phi) is 3.20. The summed E-state index contributed by atoms with van der Waals surface area (Å²) in [6, 6.07) is 0. The van der Waals surface area contributed by atoms with E-state index >= 15 is 0 Å². The van der Waals surface area contributed by atoms with E-state index in [1.165, 1.54) is 12.3 Å². The zero-order chi connectivity index (χ0) is 7.28. The van der Waals surface area contributed by atoms with E-state index in [2.05, 4.69) is 11.9 Å². The van der Waals surface area contributed by atoms with Crippen molar-refractivity contribution in [3.05, 3.63) is 24.6 Å². The molecule has 0 aromatic rings. The second kappa shape index (κ2) is 3.72. The van der Waals surface area contributed by atoms with E-state index in [9.17, 15) is 4.79 Å². The van der Waals surface area contributed by atoms with Crippen LogP contribution < -0.4 is 11.1 Å². The molecule has 3 N–H and O–H groups in total. The highest BCUT2D eigenvalue weighted by Gasteiger charge is 1.88. The van der Waals surface area contributed by atoms with Crippen LogP contribution in [0.15, 0.2) is 24.6 Å². The van der Waals surface area contributed by atoms with Crippen LogP contribution in [0, 0.1) is 0 Å². The van der Waals surface area contributed by atoms with Gasteiger partial charge in [0, 0.05) is 11.8 Å². The van der Waals surface area contributed by atoms with E-state index < -0.39 is 0 Å². The molecule has 0 rings (SSSR count). The maximum absolute atomic E-state index is 10.5. The van der Waals surface area contributed by atoms with Crippen molar-refractivity contribution in [2.24, 2.45) is 5.73 Å². The Morgan fingerprint density at radius 3 is 2.67 bits per heavy atom. The molecule has 0 saturated carbocycles. The number of carbonyl (C=O) groups is 1. The van der Waals surface area contributed by atoms with E-state index in [0.29, 0.717) is 5.70 Å². The van der Waals surface area contributed by atoms with Crippen LogP contribution in [-0.4, -0.2) is 5.91 Å². The second-order valence-electron chi connectivity index (χ2n) is 1.60. The van der Waals surface area contributed by atoms with Gasteiger partial charge in [-0.25, -0.2) is 0 Å². The Morgan fingerprint density at radius 1 is 1.78 bits per heavy atom. The van der Waals surface area contributed by atoms with E-state index in [-0.39, 0.29) is 5.91 Å². The van der Waals surface area contributed by atoms with E-state index in [0.717, 1.165) is 0 Å². The van der Waals surface area contributed by atoms with Gasteiger partial charge in [-0.05, 0) is 13.1 Å². The molecule has 0 unspecified atom stereocenters. The Bertz CT molecular complexity index is 145. The number of nitrogens with one attached hydrogen (secondary N) is 1. The first-order chi connectivity index (χ1) is 4.16. The monoisotopic (exact) mass is 126 g/mol. The zero-order valence-corrected chi connectivity index (χ0v) is 5.35. The standard InChI is InChI=1S/C6H10N2O/c1-3-8-6(9)4-5(2)7/h3-4H,1,7H2,2H3,(H,8,9)/b5-4-. The molecule has 50 valence electrons. The molecule has 0 aliphatic carbocycles. The molecule has 0 aliphatic rings. The smallest absolute Gasteiger partial charge is 0.249 e. The average Bonchev–Trinajstić information content (AvgIpc) is 1.63. The molecule has 0 atom stereocenters. The van der Waals surface area contributed by atoms with Crippen molar-refractivity contribution in [3.63, 3.8) is 0 Å². The molecule has 0 aromatic carbocycles. The predicted molar refractivity (Wildman–Crippen MR) is 36.3 cm³/mol. The summed E-state index contributed by atoms with van der Waals surface area (Å²) in [5.74, 6) is -0.245. The number of hydrogen-bond donors (Lipinski definition) is 2. The van der Waals surface area contributed by atoms with Gasteiger partial charge in [0.15, 0.2) is 0 Å². The molecule has 0 bridgehead atoms. The van der Waals surface area contributed by atoms with Crippen molar-refractivity contribution in [1.82, 2.24) is 5.32 Å². The minimum atomic E-state index is -0.245. The van der Waals surface area contributed by atoms with Crippen molar-refractivity contribution in [3.8, 4) is 0 Å². The molecule has 3 heteroatoms. The summed E-state index contributed by atoms with van der Waals surface area (Å²) in [7, 11) is 0. The summed E-state index contributed by atoms with van der Waals surface area (Å²) in [5, 5.41) is 2.35. The van der Waals surface area contributed by atoms with Gasteiger partial charge in [-0.3, -0.25) is 4.79 Å². The molecule has 9 heavy (non-hydrogen) atoms. The SMILES string of the molecule is C=CNC(=O)/C=C(/C)N. The highest BCUT2D eigenvalue weighted by atomic mass is 16.1. The molecule has 0 aliphatic heterocycles. The minimum absolute atomic E-state index is 0.245. The van der Waals surface area contributed by atoms with Crippen molar-refractivity contribution < 1.29 is 4.79 Å². The number of nitrogens with two attached hydrogens (primary N) is 1. The number of hydrogen-bond acceptors (Lipinski definition) is 2. The third-order valence-electron chi connectivity index (χ3n) is 0.603. The van der Waals surface area contributed by atoms with Crippen molar-refractivity contribution in [2.75, 3.05) is 0 Å². The van der Waals surface area contributed by atoms with Gasteiger partial charge in [0.1, 0.15) is 0 Å². The summed E-state index contributed by atoms with van der Waals surface area (Å²) in [6.07, 6.45) is 2.60. The lowest BCUT2D eigenvalue weighted by molar-refractivity contribution is -0.115. The summed E-state index contributed by atoms with van der Waals surface area (Å²) in [4.78, 5) is 10.5. The van der Waals surface area contributed by atoms with Crippen LogP contribution in [0.4, 0.5) is 0 Å². The van der Waals surface area contributed by atoms with Gasteiger partial charge in [0.25, 0.3) is 0 Å². The van der Waals surface area contributed by atoms with Gasteiger partial charge in [0.2, 0.25) is 5.91 Å². The van der Waals surface area contributed by atoms with Crippen molar-refractivity contribution >= 4 is 5.91 Å². The second-order valence-corrected chi connectivity index (χ2v) is 1.60. The van der Waals surface area contributed by atoms with Gasteiger partial charge in [-0.15, -0.1) is 0 Å². The first-order valence-electron chi connectivity index (χ1n) is 2.52. The van der Waals surface area contributed by atoms with Gasteiger partial charge in [-0.1, -0.05) is 6.58 Å². The lowest BCUT2D eigenvalue weighted by Crippen LogP contribution is -2.14. The topological polar surface area (TPSA) is 55.1 Å². The lowest BCUT2D eigenvalue weighted by Gasteiger charge is -1.90. The number of allylic oxidation sites excluding steroid dienone is 1. The van der Waals surface area contributed by atoms with Gasteiger partial charge in [-0.2, -0.15) is 0 Å². The summed E-state index contributed by atoms with van der Waals surface area (Å²) >= 11 is 0. The first-order valence-corrected chi connectivity index (χ1v) is 2.52. The molecule has 0 radical (unpaired) electrons. The van der Waals surface area contributed by atoms with Crippen LogP contribution in [0.1, 0.15) is 6.92 Å². The van der Waals surface area contributed by atoms with Crippen LogP contribution >= 0.6 is 0 Å². The molecule has 3 nitrogen and oxygen atoms in total. The highest BCUT2D eigenvalue weighted by molar-refractivity contribution is 5.88. The van der Waals surface area contributed by atoms with Crippen LogP contribution in [0.5, 0.6) is 0 Å². The molecule has 0 fully saturated rings. The maximum Gasteiger partial charge on any atom is 0.249 e. The normalized spacial score (nSPS) is 10.6. The third-order valence-corrected chi connectivity index (χ3v) is 0.603. The first kappa shape index (κ1) is 7.75. The van der Waals surface area contributed by atoms with Gasteiger partial charge >= 0.3 is 0 Å². The molecular weight excluding hydrogens is 116 g/mol. The minimum Gasteiger partial charge on any atom is -0.402 e. The van der Waals surface area contributed by atoms with Gasteiger partial charge < -0.3 is 11.1 Å². The van der Waals surface area contributed by atoms with Crippen LogP contribution in [0.25, 0.3) is 0 Å². The Hall–Kier alpha value is -1.25. The fourth-order valence-electron chi connectivity index (χ4n) is 0.349. The fourth-order valence-corrected chi connectivity index (χ4v) is 0.349. The fraction of sp³-hybridized carbons (Fsp3) is 0.167.